The highest BCUT2D eigenvalue weighted by molar-refractivity contribution is 7.97. The zero-order valence-electron chi connectivity index (χ0n) is 29.9. The molecule has 0 bridgehead atoms. The number of fused-ring (bicyclic) bond motifs is 2. The average Bonchev–Trinajstić information content (AvgIpc) is 3.39. The summed E-state index contributed by atoms with van der Waals surface area (Å²) in [6, 6.07) is 59.0. The third-order valence-electron chi connectivity index (χ3n) is 10.6. The molecule has 0 atom stereocenters. The van der Waals surface area contributed by atoms with Gasteiger partial charge in [0, 0.05) is 34.5 Å². The van der Waals surface area contributed by atoms with Gasteiger partial charge in [-0.15, -0.1) is 0 Å². The van der Waals surface area contributed by atoms with Crippen LogP contribution in [0.15, 0.2) is 211 Å². The second kappa shape index (κ2) is 14.1. The van der Waals surface area contributed by atoms with Crippen molar-refractivity contribution in [3.05, 3.63) is 229 Å². The van der Waals surface area contributed by atoms with E-state index in [2.05, 4.69) is 199 Å². The van der Waals surface area contributed by atoms with Crippen LogP contribution in [0.4, 0.5) is 0 Å². The van der Waals surface area contributed by atoms with Crippen molar-refractivity contribution in [3.8, 4) is 33.4 Å². The molecule has 2 aliphatic heterocycles. The van der Waals surface area contributed by atoms with E-state index in [1.165, 1.54) is 44.5 Å². The highest BCUT2D eigenvalue weighted by Crippen LogP contribution is 2.45. The second-order valence-electron chi connectivity index (χ2n) is 13.8. The summed E-state index contributed by atoms with van der Waals surface area (Å²) >= 11 is 1.67. The number of rotatable bonds is 7. The molecule has 3 heterocycles. The van der Waals surface area contributed by atoms with Gasteiger partial charge in [-0.05, 0) is 116 Å². The summed E-state index contributed by atoms with van der Waals surface area (Å²) in [5.74, 6) is 0.876. The van der Waals surface area contributed by atoms with Gasteiger partial charge in [-0.1, -0.05) is 146 Å². The highest BCUT2D eigenvalue weighted by Gasteiger charge is 2.34. The van der Waals surface area contributed by atoms with E-state index in [0.29, 0.717) is 0 Å². The molecule has 0 amide bonds. The summed E-state index contributed by atoms with van der Waals surface area (Å²) in [6.45, 7) is 6.59. The van der Waals surface area contributed by atoms with Crippen LogP contribution in [0.5, 0.6) is 0 Å². The topological polar surface area (TPSA) is 28.5 Å². The van der Waals surface area contributed by atoms with Crippen LogP contribution in [0.1, 0.15) is 34.7 Å². The highest BCUT2D eigenvalue weighted by atomic mass is 32.2. The minimum atomic E-state index is -0.427. The summed E-state index contributed by atoms with van der Waals surface area (Å²) in [6.07, 6.45) is 10.1. The number of hydrogen-bond donors (Lipinski definition) is 0. The first-order chi connectivity index (χ1) is 26.5. The fraction of sp³-hybridized carbons (Fsp3) is 0.0400. The van der Waals surface area contributed by atoms with E-state index in [1.54, 1.807) is 11.9 Å². The second-order valence-corrected chi connectivity index (χ2v) is 14.8. The van der Waals surface area contributed by atoms with E-state index in [-0.39, 0.29) is 0 Å². The maximum atomic E-state index is 4.83. The van der Waals surface area contributed by atoms with E-state index in [4.69, 9.17) is 4.99 Å². The maximum absolute atomic E-state index is 4.83. The van der Waals surface area contributed by atoms with E-state index in [1.807, 2.05) is 18.5 Å². The van der Waals surface area contributed by atoms with Crippen LogP contribution in [-0.2, 0) is 5.41 Å². The maximum Gasteiger partial charge on any atom is 0.143 e. The average molecular weight is 712 g/mol. The molecule has 3 nitrogen and oxygen atoms in total. The number of aromatic nitrogens is 1. The Labute approximate surface area is 321 Å². The molecule has 0 fully saturated rings. The fourth-order valence-corrected chi connectivity index (χ4v) is 8.54. The van der Waals surface area contributed by atoms with Crippen LogP contribution in [0.2, 0.25) is 0 Å². The molecular formula is C50H37N3S. The largest absolute Gasteiger partial charge is 0.271 e. The molecule has 0 aliphatic carbocycles. The number of aliphatic imine (C=N–C) groups is 1. The number of amidine groups is 1. The Morgan fingerprint density at radius 1 is 0.537 bits per heavy atom. The molecule has 0 N–H and O–H groups in total. The van der Waals surface area contributed by atoms with Gasteiger partial charge in [0.15, 0.2) is 0 Å². The molecule has 6 aromatic carbocycles. The SMILES string of the molecule is C=C1N=C2C=CC(c3ccc(-c4ccc(-c5ccc(-c6ccncc6)cc5)c(C(C)(c5ccccc5)c5ccccc5)c4)cc3)=CN2Sc2ccccc21. The monoisotopic (exact) mass is 711 g/mol. The lowest BCUT2D eigenvalue weighted by molar-refractivity contribution is 0.695. The van der Waals surface area contributed by atoms with Gasteiger partial charge in [-0.2, -0.15) is 0 Å². The van der Waals surface area contributed by atoms with Gasteiger partial charge in [0.2, 0.25) is 0 Å². The normalized spacial score (nSPS) is 13.7. The predicted octanol–water partition coefficient (Wildman–Crippen LogP) is 12.7. The third kappa shape index (κ3) is 6.21. The zero-order chi connectivity index (χ0) is 36.5. The van der Waals surface area contributed by atoms with Gasteiger partial charge >= 0.3 is 0 Å². The first-order valence-electron chi connectivity index (χ1n) is 18.2. The Kier molecular flexibility index (Phi) is 8.74. The van der Waals surface area contributed by atoms with Crippen molar-refractivity contribution >= 4 is 29.1 Å². The molecule has 4 heteroatoms. The Morgan fingerprint density at radius 3 is 1.78 bits per heavy atom. The lowest BCUT2D eigenvalue weighted by Crippen LogP contribution is -2.26. The summed E-state index contributed by atoms with van der Waals surface area (Å²) < 4.78 is 2.14. The summed E-state index contributed by atoms with van der Waals surface area (Å²) in [7, 11) is 0. The molecule has 9 rings (SSSR count). The van der Waals surface area contributed by atoms with Crippen molar-refractivity contribution in [1.82, 2.24) is 9.29 Å². The quantitative estimate of drug-likeness (QED) is 0.122. The summed E-state index contributed by atoms with van der Waals surface area (Å²) in [4.78, 5) is 10.2. The molecule has 0 spiro atoms. The fourth-order valence-electron chi connectivity index (χ4n) is 7.54. The molecule has 0 unspecified atom stereocenters. The molecular weight excluding hydrogens is 675 g/mol. The Bertz CT molecular complexity index is 2530. The minimum absolute atomic E-state index is 0.427. The minimum Gasteiger partial charge on any atom is -0.271 e. The van der Waals surface area contributed by atoms with Gasteiger partial charge in [0.1, 0.15) is 5.84 Å². The Balaban J connectivity index is 1.12. The number of pyridine rings is 1. The number of allylic oxidation sites excluding steroid dienone is 2. The Morgan fingerprint density at radius 2 is 1.09 bits per heavy atom. The third-order valence-corrected chi connectivity index (χ3v) is 11.6. The lowest BCUT2D eigenvalue weighted by atomic mass is 9.68. The first kappa shape index (κ1) is 33.4. The van der Waals surface area contributed by atoms with Crippen LogP contribution in [0, 0.1) is 0 Å². The van der Waals surface area contributed by atoms with E-state index < -0.39 is 5.41 Å². The molecule has 0 saturated carbocycles. The molecule has 54 heavy (non-hydrogen) atoms. The van der Waals surface area contributed by atoms with Crippen LogP contribution in [0.3, 0.4) is 0 Å². The molecule has 1 aromatic heterocycles. The van der Waals surface area contributed by atoms with Crippen molar-refractivity contribution in [2.75, 3.05) is 0 Å². The number of nitrogens with zero attached hydrogens (tertiary/aromatic N) is 3. The summed E-state index contributed by atoms with van der Waals surface area (Å²) in [5, 5.41) is 0. The molecule has 0 saturated heterocycles. The molecule has 2 aliphatic rings. The van der Waals surface area contributed by atoms with Gasteiger partial charge < -0.3 is 0 Å². The van der Waals surface area contributed by atoms with Crippen LogP contribution < -0.4 is 0 Å². The van der Waals surface area contributed by atoms with Gasteiger partial charge in [-0.3, -0.25) is 9.29 Å². The number of hydrogen-bond acceptors (Lipinski definition) is 4. The van der Waals surface area contributed by atoms with Gasteiger partial charge in [0.25, 0.3) is 0 Å². The lowest BCUT2D eigenvalue weighted by Gasteiger charge is -2.34. The Hall–Kier alpha value is -6.49. The first-order valence-corrected chi connectivity index (χ1v) is 18.9. The van der Waals surface area contributed by atoms with E-state index in [9.17, 15) is 0 Å². The van der Waals surface area contributed by atoms with Crippen molar-refractivity contribution in [2.24, 2.45) is 4.99 Å². The zero-order valence-corrected chi connectivity index (χ0v) is 30.7. The number of benzene rings is 6. The molecule has 258 valence electrons. The van der Waals surface area contributed by atoms with Crippen molar-refractivity contribution in [3.63, 3.8) is 0 Å². The van der Waals surface area contributed by atoms with Crippen molar-refractivity contribution < 1.29 is 0 Å². The van der Waals surface area contributed by atoms with Crippen molar-refractivity contribution in [2.45, 2.75) is 17.2 Å². The molecule has 0 radical (unpaired) electrons. The molecule has 7 aromatic rings. The van der Waals surface area contributed by atoms with Crippen LogP contribution in [-0.4, -0.2) is 15.1 Å². The van der Waals surface area contributed by atoms with Gasteiger partial charge in [0.05, 0.1) is 5.70 Å². The smallest absolute Gasteiger partial charge is 0.143 e. The predicted molar refractivity (Wildman–Crippen MR) is 227 cm³/mol. The standard InChI is InChI=1S/C50H37N3S/c1-35-45-15-9-10-16-48(45)54-53-34-42(26-28-49(53)52-35)38-19-17-37(18-20-38)41-25-27-46(40-23-21-36(22-24-40)39-29-31-51-32-30-39)47(33-41)50(2,43-11-5-3-6-12-43)44-13-7-4-8-14-44/h3-34H,1H2,2H3. The van der Waals surface area contributed by atoms with Crippen LogP contribution >= 0.6 is 11.9 Å². The van der Waals surface area contributed by atoms with Crippen molar-refractivity contribution in [1.29, 1.82) is 0 Å². The van der Waals surface area contributed by atoms with E-state index in [0.717, 1.165) is 38.7 Å². The summed E-state index contributed by atoms with van der Waals surface area (Å²) in [5.41, 5.74) is 14.5. The van der Waals surface area contributed by atoms with Crippen LogP contribution in [0.25, 0.3) is 44.7 Å². The van der Waals surface area contributed by atoms with E-state index >= 15 is 0 Å². The van der Waals surface area contributed by atoms with Gasteiger partial charge in [-0.25, -0.2) is 4.99 Å².